The maximum atomic E-state index is 6.05. The number of hydrogen-bond donors (Lipinski definition) is 0. The zero-order chi connectivity index (χ0) is 28.0. The summed E-state index contributed by atoms with van der Waals surface area (Å²) in [5.41, 5.74) is 11.8. The van der Waals surface area contributed by atoms with Crippen LogP contribution in [0.2, 0.25) is 0 Å². The number of benzene rings is 6. The van der Waals surface area contributed by atoms with Crippen LogP contribution in [0.3, 0.4) is 0 Å². The zero-order valence-electron chi connectivity index (χ0n) is 23.3. The smallest absolute Gasteiger partial charge is 0.518 e. The van der Waals surface area contributed by atoms with Crippen molar-refractivity contribution in [3.63, 3.8) is 0 Å². The fourth-order valence-electron chi connectivity index (χ4n) is 6.04. The summed E-state index contributed by atoms with van der Waals surface area (Å²) in [4.78, 5) is 0. The third-order valence-electron chi connectivity index (χ3n) is 7.97. The monoisotopic (exact) mass is 730 g/mol. The molecule has 0 fully saturated rings. The number of aromatic nitrogens is 2. The van der Waals surface area contributed by atoms with Crippen LogP contribution < -0.4 is 25.7 Å². The molecule has 2 aliphatic heterocycles. The summed E-state index contributed by atoms with van der Waals surface area (Å²) in [7, 11) is 0. The molecule has 3 nitrogen and oxygen atoms in total. The van der Waals surface area contributed by atoms with Gasteiger partial charge in [-0.15, -0.1) is 17.1 Å². The molecule has 0 bridgehead atoms. The van der Waals surface area contributed by atoms with Crippen molar-refractivity contribution in [2.45, 2.75) is 6.92 Å². The van der Waals surface area contributed by atoms with Crippen molar-refractivity contribution in [1.29, 1.82) is 0 Å². The van der Waals surface area contributed by atoms with Gasteiger partial charge in [-0.1, -0.05) is 59.7 Å². The summed E-state index contributed by atoms with van der Waals surface area (Å²) in [5.74, 6) is 1.87. The molecule has 0 radical (unpaired) electrons. The van der Waals surface area contributed by atoms with Crippen LogP contribution in [0.1, 0.15) is 5.56 Å². The van der Waals surface area contributed by atoms with Crippen LogP contribution in [0.4, 0.5) is 0 Å². The quantitative estimate of drug-likeness (QED) is 0.127. The number of rotatable bonds is 2. The second-order valence-corrected chi connectivity index (χ2v) is 10.5. The van der Waals surface area contributed by atoms with Crippen LogP contribution in [0.15, 0.2) is 127 Å². The maximum absolute atomic E-state index is 6.05. The standard InChI is InChI=1S/C20H15N2.C18H9BO.Pt/c1-16-11-13-18(14-12-16)22-15-21(17-7-3-2-4-8-17)19-9-5-6-10-20(19)22;1-2-8-14-12(6-1)13-7-5-11-17-18(13)19(14)15-9-3-4-10-16(15)20-17;/h2-7,9-14H,1H3;1-7,10-11H;/q-1;-2;+4. The van der Waals surface area contributed by atoms with Crippen molar-refractivity contribution in [3.05, 3.63) is 157 Å². The topological polar surface area (TPSA) is 18.0 Å². The zero-order valence-corrected chi connectivity index (χ0v) is 25.6. The van der Waals surface area contributed by atoms with Gasteiger partial charge in [0.2, 0.25) is 0 Å². The largest absolute Gasteiger partial charge is 4.00 e. The van der Waals surface area contributed by atoms with Gasteiger partial charge in [0.05, 0.1) is 16.7 Å². The van der Waals surface area contributed by atoms with Crippen LogP contribution in [-0.2, 0) is 21.1 Å². The van der Waals surface area contributed by atoms with E-state index >= 15 is 0 Å². The number of nitrogens with zero attached hydrogens (tertiary/aromatic N) is 2. The minimum absolute atomic E-state index is 0. The van der Waals surface area contributed by atoms with Crippen molar-refractivity contribution in [1.82, 2.24) is 4.57 Å². The molecule has 7 aromatic rings. The molecule has 6 aromatic carbocycles. The Labute approximate surface area is 266 Å². The predicted molar refractivity (Wildman–Crippen MR) is 168 cm³/mol. The SMILES string of the molecule is Cc1ccc(-[n+]2[c-]n(-c3[c-]cccc3)c3ccccc32)cc1.[Pt+4].[c-]1cccc2c1B1c3[c-]cccc3-c3cccc(c31)O2. The van der Waals surface area contributed by atoms with Gasteiger partial charge in [-0.25, -0.2) is 0 Å². The van der Waals surface area contributed by atoms with E-state index in [1.54, 1.807) is 0 Å². The van der Waals surface area contributed by atoms with E-state index in [4.69, 9.17) is 4.74 Å². The average Bonchev–Trinajstić information content (AvgIpc) is 3.60. The van der Waals surface area contributed by atoms with E-state index in [9.17, 15) is 0 Å². The molecule has 0 saturated heterocycles. The van der Waals surface area contributed by atoms with Gasteiger partial charge in [0, 0.05) is 5.75 Å². The Morgan fingerprint density at radius 3 is 2.21 bits per heavy atom. The summed E-state index contributed by atoms with van der Waals surface area (Å²) in [5, 5.41) is 0. The summed E-state index contributed by atoms with van der Waals surface area (Å²) >= 11 is 0. The molecule has 0 spiro atoms. The second kappa shape index (κ2) is 11.2. The van der Waals surface area contributed by atoms with E-state index in [-0.39, 0.29) is 27.8 Å². The first-order chi connectivity index (χ1) is 20.8. The summed E-state index contributed by atoms with van der Waals surface area (Å²) in [6.07, 6.45) is 3.44. The van der Waals surface area contributed by atoms with Crippen LogP contribution in [-0.4, -0.2) is 11.3 Å². The Balaban J connectivity index is 0.000000137. The number of fused-ring (bicyclic) bond motifs is 6. The Morgan fingerprint density at radius 1 is 0.651 bits per heavy atom. The average molecular weight is 731 g/mol. The van der Waals surface area contributed by atoms with Gasteiger partial charge in [-0.2, -0.15) is 78.3 Å². The van der Waals surface area contributed by atoms with Gasteiger partial charge >= 0.3 is 21.1 Å². The van der Waals surface area contributed by atoms with Crippen LogP contribution in [0.25, 0.3) is 33.5 Å². The Morgan fingerprint density at radius 2 is 1.37 bits per heavy atom. The Bertz CT molecular complexity index is 2090. The molecule has 0 aliphatic carbocycles. The number of aryl methyl sites for hydroxylation is 1. The number of para-hydroxylation sites is 3. The molecule has 9 rings (SSSR count). The number of hydrogen-bond acceptors (Lipinski definition) is 1. The molecule has 5 heteroatoms. The fraction of sp³-hybridized carbons (Fsp3) is 0.0263. The molecule has 0 saturated carbocycles. The minimum atomic E-state index is 0. The molecule has 2 aliphatic rings. The van der Waals surface area contributed by atoms with Crippen molar-refractivity contribution in [2.75, 3.05) is 0 Å². The van der Waals surface area contributed by atoms with Gasteiger partial charge in [-0.3, -0.25) is 4.57 Å². The molecule has 0 amide bonds. The van der Waals surface area contributed by atoms with Crippen LogP contribution in [0, 0.1) is 31.5 Å². The van der Waals surface area contributed by atoms with Gasteiger partial charge in [0.1, 0.15) is 5.75 Å². The predicted octanol–water partition coefficient (Wildman–Crippen LogP) is 5.70. The van der Waals surface area contributed by atoms with E-state index in [0.29, 0.717) is 0 Å². The Hall–Kier alpha value is -4.66. The van der Waals surface area contributed by atoms with Crippen molar-refractivity contribution < 1.29 is 30.4 Å². The van der Waals surface area contributed by atoms with Crippen molar-refractivity contribution in [3.8, 4) is 34.0 Å². The fourth-order valence-corrected chi connectivity index (χ4v) is 6.04. The van der Waals surface area contributed by atoms with Gasteiger partial charge in [0.15, 0.2) is 6.71 Å². The molecule has 1 aromatic heterocycles. The van der Waals surface area contributed by atoms with Crippen molar-refractivity contribution >= 4 is 34.1 Å². The van der Waals surface area contributed by atoms with Gasteiger partial charge < -0.3 is 9.30 Å². The third kappa shape index (κ3) is 4.63. The molecular weight excluding hydrogens is 706 g/mol. The molecule has 0 unspecified atom stereocenters. The second-order valence-electron chi connectivity index (χ2n) is 10.5. The summed E-state index contributed by atoms with van der Waals surface area (Å²) in [6.45, 7) is 2.31. The minimum Gasteiger partial charge on any atom is -0.518 e. The van der Waals surface area contributed by atoms with E-state index < -0.39 is 0 Å². The van der Waals surface area contributed by atoms with E-state index in [2.05, 4.69) is 107 Å². The van der Waals surface area contributed by atoms with Gasteiger partial charge in [-0.05, 0) is 36.3 Å². The molecule has 43 heavy (non-hydrogen) atoms. The third-order valence-corrected chi connectivity index (χ3v) is 7.97. The summed E-state index contributed by atoms with van der Waals surface area (Å²) < 4.78 is 10.2. The van der Waals surface area contributed by atoms with Crippen molar-refractivity contribution in [2.24, 2.45) is 0 Å². The number of ether oxygens (including phenoxy) is 1. The van der Waals surface area contributed by atoms with E-state index in [1.165, 1.54) is 27.6 Å². The first-order valence-electron chi connectivity index (χ1n) is 14.1. The normalized spacial score (nSPS) is 11.8. The summed E-state index contributed by atoms with van der Waals surface area (Å²) in [6, 6.07) is 53.3. The van der Waals surface area contributed by atoms with Gasteiger partial charge in [0.25, 0.3) is 6.33 Å². The maximum Gasteiger partial charge on any atom is 4.00 e. The molecule has 204 valence electrons. The van der Waals surface area contributed by atoms with E-state index in [0.717, 1.165) is 39.4 Å². The van der Waals surface area contributed by atoms with Crippen LogP contribution in [0.5, 0.6) is 11.5 Å². The molecule has 0 N–H and O–H groups in total. The van der Waals surface area contributed by atoms with E-state index in [1.807, 2.05) is 60.7 Å². The Kier molecular flexibility index (Phi) is 7.09. The first-order valence-corrected chi connectivity index (χ1v) is 14.1. The number of imidazole rings is 1. The first kappa shape index (κ1) is 27.2. The van der Waals surface area contributed by atoms with Crippen LogP contribution >= 0.6 is 0 Å². The molecular formula is C38H24BN2OPt+. The molecule has 0 atom stereocenters. The molecule has 3 heterocycles.